The minimum atomic E-state index is -0.654. The summed E-state index contributed by atoms with van der Waals surface area (Å²) >= 11 is 0. The Hall–Kier alpha value is -5.19. The van der Waals surface area contributed by atoms with Crippen molar-refractivity contribution in [2.24, 2.45) is 5.73 Å². The Kier molecular flexibility index (Phi) is 20.2. The zero-order valence-corrected chi connectivity index (χ0v) is 33.0. The number of ether oxygens (including phenoxy) is 6. The summed E-state index contributed by atoms with van der Waals surface area (Å²) in [6.45, 7) is 7.04. The molecule has 4 rings (SSSR count). The Bertz CT molecular complexity index is 1810. The first-order chi connectivity index (χ1) is 27.9. The van der Waals surface area contributed by atoms with Crippen LogP contribution in [0.5, 0.6) is 5.75 Å². The topological polar surface area (TPSA) is 194 Å². The van der Waals surface area contributed by atoms with Gasteiger partial charge in [-0.15, -0.1) is 0 Å². The molecule has 0 aliphatic rings. The Morgan fingerprint density at radius 1 is 0.754 bits per heavy atom. The highest BCUT2D eigenvalue weighted by Gasteiger charge is 2.20. The van der Waals surface area contributed by atoms with Gasteiger partial charge in [0.15, 0.2) is 0 Å². The number of hydrogen-bond donors (Lipinski definition) is 4. The van der Waals surface area contributed by atoms with Gasteiger partial charge < -0.3 is 50.1 Å². The van der Waals surface area contributed by atoms with Gasteiger partial charge in [0.2, 0.25) is 17.8 Å². The normalized spacial score (nSPS) is 11.6. The van der Waals surface area contributed by atoms with Crippen molar-refractivity contribution in [3.63, 3.8) is 0 Å². The first-order valence-electron chi connectivity index (χ1n) is 19.3. The average Bonchev–Trinajstić information content (AvgIpc) is 3.22. The van der Waals surface area contributed by atoms with Crippen LogP contribution in [0.25, 0.3) is 21.9 Å². The van der Waals surface area contributed by atoms with Crippen molar-refractivity contribution in [3.8, 4) is 16.9 Å². The second-order valence-electron chi connectivity index (χ2n) is 12.9. The molecule has 0 radical (unpaired) electrons. The second kappa shape index (κ2) is 25.9. The van der Waals surface area contributed by atoms with E-state index in [-0.39, 0.29) is 25.3 Å². The Morgan fingerprint density at radius 3 is 2.09 bits per heavy atom. The molecule has 0 saturated carbocycles. The number of aryl methyl sites for hydroxylation is 1. The standard InChI is InChI=1S/C42H56N6O9/c1-31-16-19-45-42(47-31)44-18-6-5-9-39(49)46-30-40(50)48-37(29-41(51)52-2)33-12-10-32(11-13-33)34-14-15-38(36-8-4-3-7-35(34)36)57-28-27-56-26-25-55-24-23-54-22-21-53-20-17-43/h3-4,7-8,10-16,19,37H,5-6,9,17-18,20-30,43H2,1-2H3,(H,46,49)(H,48,50)(H,44,45,47). The lowest BCUT2D eigenvalue weighted by atomic mass is 9.95. The van der Waals surface area contributed by atoms with E-state index in [2.05, 4.69) is 25.9 Å². The first-order valence-corrected chi connectivity index (χ1v) is 19.3. The van der Waals surface area contributed by atoms with Crippen molar-refractivity contribution < 1.29 is 42.8 Å². The first kappa shape index (κ1) is 44.5. The van der Waals surface area contributed by atoms with Crippen LogP contribution in [0.1, 0.15) is 43.0 Å². The molecule has 0 bridgehead atoms. The number of aromatic nitrogens is 2. The van der Waals surface area contributed by atoms with Crippen molar-refractivity contribution in [2.45, 2.75) is 38.6 Å². The van der Waals surface area contributed by atoms with Gasteiger partial charge in [0.05, 0.1) is 79.0 Å². The fourth-order valence-corrected chi connectivity index (χ4v) is 5.76. The average molecular weight is 789 g/mol. The number of methoxy groups -OCH3 is 1. The lowest BCUT2D eigenvalue weighted by Crippen LogP contribution is -2.39. The number of anilines is 1. The van der Waals surface area contributed by atoms with Gasteiger partial charge in [-0.3, -0.25) is 14.4 Å². The van der Waals surface area contributed by atoms with Crippen molar-refractivity contribution in [3.05, 3.63) is 84.2 Å². The molecule has 57 heavy (non-hydrogen) atoms. The number of unbranched alkanes of at least 4 members (excludes halogenated alkanes) is 1. The van der Waals surface area contributed by atoms with E-state index >= 15 is 0 Å². The fraction of sp³-hybridized carbons (Fsp3) is 0.452. The van der Waals surface area contributed by atoms with Gasteiger partial charge in [-0.25, -0.2) is 9.97 Å². The van der Waals surface area contributed by atoms with E-state index in [4.69, 9.17) is 34.2 Å². The van der Waals surface area contributed by atoms with Gasteiger partial charge in [-0.05, 0) is 54.0 Å². The number of esters is 1. The van der Waals surface area contributed by atoms with E-state index in [9.17, 15) is 14.4 Å². The van der Waals surface area contributed by atoms with Gasteiger partial charge in [0.1, 0.15) is 12.4 Å². The van der Waals surface area contributed by atoms with E-state index in [0.29, 0.717) is 84.9 Å². The number of amides is 2. The van der Waals surface area contributed by atoms with E-state index < -0.39 is 17.9 Å². The molecule has 0 spiro atoms. The van der Waals surface area contributed by atoms with E-state index in [1.165, 1.54) is 7.11 Å². The number of nitrogens with one attached hydrogen (secondary N) is 3. The molecule has 1 unspecified atom stereocenters. The zero-order valence-electron chi connectivity index (χ0n) is 33.0. The number of carbonyl (C=O) groups excluding carboxylic acids is 3. The van der Waals surface area contributed by atoms with Gasteiger partial charge in [-0.2, -0.15) is 0 Å². The molecule has 0 aliphatic heterocycles. The molecule has 0 fully saturated rings. The summed E-state index contributed by atoms with van der Waals surface area (Å²) < 4.78 is 32.9. The molecular weight excluding hydrogens is 732 g/mol. The maximum Gasteiger partial charge on any atom is 0.307 e. The monoisotopic (exact) mass is 788 g/mol. The van der Waals surface area contributed by atoms with Crippen molar-refractivity contribution in [1.29, 1.82) is 0 Å². The van der Waals surface area contributed by atoms with Gasteiger partial charge in [-0.1, -0.05) is 54.6 Å². The fourth-order valence-electron chi connectivity index (χ4n) is 5.76. The zero-order chi connectivity index (χ0) is 40.5. The summed E-state index contributed by atoms with van der Waals surface area (Å²) in [6.07, 6.45) is 3.26. The Morgan fingerprint density at radius 2 is 1.42 bits per heavy atom. The molecule has 1 atom stereocenters. The third-order valence-electron chi connectivity index (χ3n) is 8.66. The summed E-state index contributed by atoms with van der Waals surface area (Å²) in [5, 5.41) is 10.7. The highest BCUT2D eigenvalue weighted by atomic mass is 16.6. The van der Waals surface area contributed by atoms with Crippen LogP contribution in [0, 0.1) is 6.92 Å². The summed E-state index contributed by atoms with van der Waals surface area (Å²) in [7, 11) is 1.30. The van der Waals surface area contributed by atoms with E-state index in [0.717, 1.165) is 45.3 Å². The van der Waals surface area contributed by atoms with Crippen LogP contribution in [0.3, 0.4) is 0 Å². The third kappa shape index (κ3) is 16.4. The molecule has 1 aromatic heterocycles. The summed E-state index contributed by atoms with van der Waals surface area (Å²) in [5.74, 6) is 0.181. The molecule has 3 aromatic carbocycles. The maximum absolute atomic E-state index is 12.9. The third-order valence-corrected chi connectivity index (χ3v) is 8.66. The number of carbonyl (C=O) groups is 3. The number of rotatable bonds is 28. The number of nitrogens with two attached hydrogens (primary N) is 1. The molecule has 5 N–H and O–H groups in total. The minimum Gasteiger partial charge on any atom is -0.491 e. The van der Waals surface area contributed by atoms with Gasteiger partial charge in [0, 0.05) is 36.8 Å². The largest absolute Gasteiger partial charge is 0.491 e. The van der Waals surface area contributed by atoms with Crippen LogP contribution in [0.15, 0.2) is 72.9 Å². The maximum atomic E-state index is 12.9. The molecule has 15 heteroatoms. The Labute approximate surface area is 334 Å². The predicted octanol–water partition coefficient (Wildman–Crippen LogP) is 4.13. The molecule has 4 aromatic rings. The molecule has 0 saturated heterocycles. The van der Waals surface area contributed by atoms with Crippen LogP contribution >= 0.6 is 0 Å². The van der Waals surface area contributed by atoms with Crippen molar-refractivity contribution in [1.82, 2.24) is 20.6 Å². The lowest BCUT2D eigenvalue weighted by molar-refractivity contribution is -0.141. The smallest absolute Gasteiger partial charge is 0.307 e. The number of fused-ring (bicyclic) bond motifs is 1. The molecule has 15 nitrogen and oxygen atoms in total. The molecular formula is C42H56N6O9. The van der Waals surface area contributed by atoms with Crippen molar-refractivity contribution in [2.75, 3.05) is 91.5 Å². The van der Waals surface area contributed by atoms with Crippen molar-refractivity contribution >= 4 is 34.5 Å². The van der Waals surface area contributed by atoms with Crippen LogP contribution in [0.2, 0.25) is 0 Å². The SMILES string of the molecule is COC(=O)CC(NC(=O)CNC(=O)CCCCNc1nccc(C)n1)c1ccc(-c2ccc(OCCOCCOCCOCCOCCN)c3ccccc23)cc1. The highest BCUT2D eigenvalue weighted by molar-refractivity contribution is 6.00. The summed E-state index contributed by atoms with van der Waals surface area (Å²) in [5.41, 5.74) is 8.92. The second-order valence-corrected chi connectivity index (χ2v) is 12.9. The molecule has 308 valence electrons. The quantitative estimate of drug-likeness (QED) is 0.0475. The van der Waals surface area contributed by atoms with Crippen LogP contribution in [-0.4, -0.2) is 114 Å². The molecule has 1 heterocycles. The highest BCUT2D eigenvalue weighted by Crippen LogP contribution is 2.35. The number of hydrogen-bond acceptors (Lipinski definition) is 13. The van der Waals surface area contributed by atoms with Crippen LogP contribution in [0.4, 0.5) is 5.95 Å². The van der Waals surface area contributed by atoms with E-state index in [1.807, 2.05) is 73.7 Å². The van der Waals surface area contributed by atoms with Gasteiger partial charge in [0.25, 0.3) is 0 Å². The number of benzene rings is 3. The van der Waals surface area contributed by atoms with Crippen LogP contribution < -0.4 is 26.4 Å². The van der Waals surface area contributed by atoms with E-state index in [1.54, 1.807) is 6.20 Å². The minimum absolute atomic E-state index is 0.0691. The lowest BCUT2D eigenvalue weighted by Gasteiger charge is -2.19. The summed E-state index contributed by atoms with van der Waals surface area (Å²) in [6, 6.07) is 20.8. The van der Waals surface area contributed by atoms with Gasteiger partial charge >= 0.3 is 5.97 Å². The number of nitrogens with zero attached hydrogens (tertiary/aromatic N) is 2. The Balaban J connectivity index is 1.22. The van der Waals surface area contributed by atoms with Crippen LogP contribution in [-0.2, 0) is 38.1 Å². The molecule has 0 aliphatic carbocycles. The summed E-state index contributed by atoms with van der Waals surface area (Å²) in [4.78, 5) is 46.1. The predicted molar refractivity (Wildman–Crippen MR) is 217 cm³/mol. The molecule has 2 amide bonds.